The van der Waals surface area contributed by atoms with Gasteiger partial charge >= 0.3 is 0 Å². The second-order valence-electron chi connectivity index (χ2n) is 6.39. The van der Waals surface area contributed by atoms with E-state index in [1.54, 1.807) is 0 Å². The number of hydrogen-bond acceptors (Lipinski definition) is 5. The number of ether oxygens (including phenoxy) is 1. The largest absolute Gasteiger partial charge is 0.491 e. The summed E-state index contributed by atoms with van der Waals surface area (Å²) in [6.07, 6.45) is -0.744. The molecule has 28 heavy (non-hydrogen) atoms. The lowest BCUT2D eigenvalue weighted by molar-refractivity contribution is 0.0850. The van der Waals surface area contributed by atoms with E-state index >= 15 is 0 Å². The molecular formula is C22H20N4O2. The summed E-state index contributed by atoms with van der Waals surface area (Å²) in [5.41, 5.74) is 3.16. The average molecular weight is 372 g/mol. The third-order valence-corrected chi connectivity index (χ3v) is 4.26. The number of benzene rings is 3. The Labute approximate surface area is 163 Å². The van der Waals surface area contributed by atoms with Crippen molar-refractivity contribution in [2.75, 3.05) is 6.61 Å². The summed E-state index contributed by atoms with van der Waals surface area (Å²) in [6, 6.07) is 27.6. The van der Waals surface area contributed by atoms with E-state index < -0.39 is 6.10 Å². The van der Waals surface area contributed by atoms with Crippen LogP contribution in [0.4, 0.5) is 0 Å². The molecule has 0 aliphatic rings. The minimum absolute atomic E-state index is 0.146. The van der Waals surface area contributed by atoms with E-state index in [1.807, 2.05) is 72.8 Å². The molecule has 0 unspecified atom stereocenters. The molecule has 0 aliphatic heterocycles. The monoisotopic (exact) mass is 372 g/mol. The fourth-order valence-electron chi connectivity index (χ4n) is 2.83. The molecule has 1 heterocycles. The van der Waals surface area contributed by atoms with Gasteiger partial charge in [0.25, 0.3) is 0 Å². The summed E-state index contributed by atoms with van der Waals surface area (Å²) in [4.78, 5) is 1.38. The van der Waals surface area contributed by atoms with Crippen LogP contribution in [0.3, 0.4) is 0 Å². The fourth-order valence-corrected chi connectivity index (χ4v) is 2.83. The van der Waals surface area contributed by atoms with Gasteiger partial charge in [0.2, 0.25) is 5.82 Å². The fraction of sp³-hybridized carbons (Fsp3) is 0.136. The summed E-state index contributed by atoms with van der Waals surface area (Å²) in [5, 5.41) is 22.5. The number of aliphatic hydroxyl groups excluding tert-OH is 1. The van der Waals surface area contributed by atoms with E-state index in [4.69, 9.17) is 4.74 Å². The topological polar surface area (TPSA) is 73.1 Å². The molecular weight excluding hydrogens is 352 g/mol. The molecule has 1 aromatic heterocycles. The molecule has 1 N–H and O–H groups in total. The molecule has 0 saturated heterocycles. The second-order valence-corrected chi connectivity index (χ2v) is 6.39. The first-order valence-electron chi connectivity index (χ1n) is 9.07. The Bertz CT molecular complexity index is 1000. The zero-order valence-electron chi connectivity index (χ0n) is 15.2. The molecule has 4 aromatic rings. The molecule has 6 nitrogen and oxygen atoms in total. The van der Waals surface area contributed by atoms with Crippen molar-refractivity contribution in [3.63, 3.8) is 0 Å². The van der Waals surface area contributed by atoms with Crippen LogP contribution in [0.15, 0.2) is 84.9 Å². The van der Waals surface area contributed by atoms with Crippen molar-refractivity contribution in [2.45, 2.75) is 12.6 Å². The van der Waals surface area contributed by atoms with Crippen molar-refractivity contribution in [1.29, 1.82) is 0 Å². The summed E-state index contributed by atoms with van der Waals surface area (Å²) < 4.78 is 5.68. The van der Waals surface area contributed by atoms with Crippen LogP contribution in [0.2, 0.25) is 0 Å². The minimum atomic E-state index is -0.744. The van der Waals surface area contributed by atoms with Gasteiger partial charge in [-0.05, 0) is 28.5 Å². The molecule has 3 aromatic carbocycles. The van der Waals surface area contributed by atoms with Gasteiger partial charge in [-0.3, -0.25) is 0 Å². The van der Waals surface area contributed by atoms with Crippen molar-refractivity contribution < 1.29 is 9.84 Å². The van der Waals surface area contributed by atoms with Crippen LogP contribution >= 0.6 is 0 Å². The Morgan fingerprint density at radius 3 is 2.07 bits per heavy atom. The SMILES string of the molecule is O[C@@H](COc1ccc(-c2ccccc2)cc1)Cn1nnc(-c2ccccc2)n1. The number of hydrogen-bond donors (Lipinski definition) is 1. The second kappa shape index (κ2) is 8.45. The van der Waals surface area contributed by atoms with Gasteiger partial charge in [0.1, 0.15) is 18.5 Å². The third kappa shape index (κ3) is 4.42. The predicted molar refractivity (Wildman–Crippen MR) is 107 cm³/mol. The van der Waals surface area contributed by atoms with Crippen molar-refractivity contribution in [3.8, 4) is 28.3 Å². The molecule has 0 fully saturated rings. The molecule has 0 radical (unpaired) electrons. The highest BCUT2D eigenvalue weighted by Crippen LogP contribution is 2.22. The average Bonchev–Trinajstić information content (AvgIpc) is 3.22. The highest BCUT2D eigenvalue weighted by atomic mass is 16.5. The van der Waals surface area contributed by atoms with Gasteiger partial charge in [-0.2, -0.15) is 4.80 Å². The summed E-state index contributed by atoms with van der Waals surface area (Å²) in [5.74, 6) is 1.24. The van der Waals surface area contributed by atoms with E-state index in [9.17, 15) is 5.11 Å². The van der Waals surface area contributed by atoms with Gasteiger partial charge < -0.3 is 9.84 Å². The van der Waals surface area contributed by atoms with E-state index in [2.05, 4.69) is 27.5 Å². The van der Waals surface area contributed by atoms with E-state index in [-0.39, 0.29) is 13.2 Å². The van der Waals surface area contributed by atoms with Crippen LogP contribution in [-0.2, 0) is 6.54 Å². The third-order valence-electron chi connectivity index (χ3n) is 4.26. The van der Waals surface area contributed by atoms with E-state index in [0.29, 0.717) is 11.6 Å². The first-order valence-corrected chi connectivity index (χ1v) is 9.07. The van der Waals surface area contributed by atoms with Crippen LogP contribution < -0.4 is 4.74 Å². The quantitative estimate of drug-likeness (QED) is 0.538. The molecule has 0 spiro atoms. The van der Waals surface area contributed by atoms with Gasteiger partial charge in [0.05, 0.1) is 6.54 Å². The van der Waals surface area contributed by atoms with Crippen LogP contribution in [-0.4, -0.2) is 38.0 Å². The molecule has 0 bridgehead atoms. The first-order chi connectivity index (χ1) is 13.8. The van der Waals surface area contributed by atoms with Gasteiger partial charge in [-0.15, -0.1) is 10.2 Å². The smallest absolute Gasteiger partial charge is 0.204 e. The van der Waals surface area contributed by atoms with Crippen LogP contribution in [0.1, 0.15) is 0 Å². The van der Waals surface area contributed by atoms with Crippen LogP contribution in [0, 0.1) is 0 Å². The maximum atomic E-state index is 10.2. The van der Waals surface area contributed by atoms with Crippen molar-refractivity contribution >= 4 is 0 Å². The zero-order chi connectivity index (χ0) is 19.2. The number of nitrogens with zero attached hydrogens (tertiary/aromatic N) is 4. The maximum absolute atomic E-state index is 10.2. The Morgan fingerprint density at radius 1 is 0.786 bits per heavy atom. The zero-order valence-corrected chi connectivity index (χ0v) is 15.2. The minimum Gasteiger partial charge on any atom is -0.491 e. The van der Waals surface area contributed by atoms with Crippen molar-refractivity contribution in [1.82, 2.24) is 20.2 Å². The number of aliphatic hydroxyl groups is 1. The lowest BCUT2D eigenvalue weighted by Crippen LogP contribution is -2.24. The van der Waals surface area contributed by atoms with Gasteiger partial charge in [-0.1, -0.05) is 72.8 Å². The normalized spacial score (nSPS) is 11.9. The molecule has 4 rings (SSSR count). The highest BCUT2D eigenvalue weighted by Gasteiger charge is 2.11. The van der Waals surface area contributed by atoms with E-state index in [0.717, 1.165) is 16.7 Å². The molecule has 6 heteroatoms. The van der Waals surface area contributed by atoms with Crippen molar-refractivity contribution in [3.05, 3.63) is 84.9 Å². The molecule has 140 valence electrons. The molecule has 1 atom stereocenters. The van der Waals surface area contributed by atoms with Gasteiger partial charge in [0.15, 0.2) is 0 Å². The molecule has 0 amide bonds. The lowest BCUT2D eigenvalue weighted by atomic mass is 10.1. The first kappa shape index (κ1) is 17.9. The standard InChI is InChI=1S/C22H20N4O2/c27-20(15-26-24-22(23-25-26)19-9-5-2-6-10-19)16-28-21-13-11-18(12-14-21)17-7-3-1-4-8-17/h1-14,20,27H,15-16H2/t20-/m1/s1. The Kier molecular flexibility index (Phi) is 5.40. The Hall–Kier alpha value is -3.51. The molecule has 0 saturated carbocycles. The van der Waals surface area contributed by atoms with Gasteiger partial charge in [0, 0.05) is 5.56 Å². The predicted octanol–water partition coefficient (Wildman–Crippen LogP) is 3.45. The maximum Gasteiger partial charge on any atom is 0.204 e. The van der Waals surface area contributed by atoms with Crippen LogP contribution in [0.25, 0.3) is 22.5 Å². The Balaban J connectivity index is 1.31. The summed E-state index contributed by atoms with van der Waals surface area (Å²) in [7, 11) is 0. The summed E-state index contributed by atoms with van der Waals surface area (Å²) >= 11 is 0. The number of aromatic nitrogens is 4. The van der Waals surface area contributed by atoms with Gasteiger partial charge in [-0.25, -0.2) is 0 Å². The summed E-state index contributed by atoms with van der Waals surface area (Å²) in [6.45, 7) is 0.356. The van der Waals surface area contributed by atoms with Crippen LogP contribution in [0.5, 0.6) is 5.75 Å². The highest BCUT2D eigenvalue weighted by molar-refractivity contribution is 5.63. The molecule has 0 aliphatic carbocycles. The number of rotatable bonds is 7. The Morgan fingerprint density at radius 2 is 1.39 bits per heavy atom. The lowest BCUT2D eigenvalue weighted by Gasteiger charge is -2.12. The van der Waals surface area contributed by atoms with Crippen molar-refractivity contribution in [2.24, 2.45) is 0 Å². The number of tetrazole rings is 1. The van der Waals surface area contributed by atoms with E-state index in [1.165, 1.54) is 4.80 Å².